The summed E-state index contributed by atoms with van der Waals surface area (Å²) in [6.45, 7) is 0. The number of hydrogen-bond acceptors (Lipinski definition) is 2. The summed E-state index contributed by atoms with van der Waals surface area (Å²) in [5.74, 6) is 0.919. The van der Waals surface area contributed by atoms with Gasteiger partial charge in [-0.3, -0.25) is 4.99 Å². The van der Waals surface area contributed by atoms with E-state index in [0.717, 1.165) is 17.1 Å². The number of aliphatic imine (C=N–C) groups is 1. The summed E-state index contributed by atoms with van der Waals surface area (Å²) < 4.78 is 0. The minimum absolute atomic E-state index is 0.0197. The van der Waals surface area contributed by atoms with Gasteiger partial charge < -0.3 is 5.32 Å². The number of hydrogen-bond donors (Lipinski definition) is 1. The fourth-order valence-corrected chi connectivity index (χ4v) is 3.67. The Kier molecular flexibility index (Phi) is 3.53. The number of anilines is 1. The number of nitrogens with one attached hydrogen (secondary N) is 1. The third-order valence-electron chi connectivity index (χ3n) is 4.92. The molecule has 2 heteroatoms. The SMILES string of the molecule is c1ccc(C2=N[C@@H](c3ccccc3)c3c(ccc4ccccc34)N2)cc1. The minimum Gasteiger partial charge on any atom is -0.340 e. The second kappa shape index (κ2) is 6.16. The van der Waals surface area contributed by atoms with Crippen molar-refractivity contribution in [3.63, 3.8) is 0 Å². The van der Waals surface area contributed by atoms with Crippen LogP contribution in [-0.4, -0.2) is 5.84 Å². The molecule has 0 fully saturated rings. The number of nitrogens with zero attached hydrogens (tertiary/aromatic N) is 1. The zero-order valence-electron chi connectivity index (χ0n) is 14.3. The van der Waals surface area contributed by atoms with Gasteiger partial charge in [-0.25, -0.2) is 0 Å². The molecule has 26 heavy (non-hydrogen) atoms. The van der Waals surface area contributed by atoms with E-state index in [1.807, 2.05) is 18.2 Å². The number of benzene rings is 4. The Bertz CT molecular complexity index is 1100. The first-order valence-corrected chi connectivity index (χ1v) is 8.87. The van der Waals surface area contributed by atoms with Gasteiger partial charge in [0, 0.05) is 16.8 Å². The van der Waals surface area contributed by atoms with Gasteiger partial charge in [0.1, 0.15) is 11.9 Å². The zero-order valence-corrected chi connectivity index (χ0v) is 14.3. The number of amidine groups is 1. The molecule has 0 aromatic heterocycles. The van der Waals surface area contributed by atoms with Gasteiger partial charge in [0.2, 0.25) is 0 Å². The van der Waals surface area contributed by atoms with E-state index in [9.17, 15) is 0 Å². The van der Waals surface area contributed by atoms with Crippen LogP contribution in [0, 0.1) is 0 Å². The van der Waals surface area contributed by atoms with Gasteiger partial charge in [0.05, 0.1) is 0 Å². The predicted molar refractivity (Wildman–Crippen MR) is 109 cm³/mol. The zero-order chi connectivity index (χ0) is 17.3. The summed E-state index contributed by atoms with van der Waals surface area (Å²) in [7, 11) is 0. The molecule has 1 aliphatic rings. The molecule has 0 amide bonds. The van der Waals surface area contributed by atoms with Gasteiger partial charge in [0.15, 0.2) is 0 Å². The Morgan fingerprint density at radius 2 is 1.35 bits per heavy atom. The summed E-state index contributed by atoms with van der Waals surface area (Å²) in [6, 6.07) is 33.7. The van der Waals surface area contributed by atoms with E-state index in [0.29, 0.717) is 0 Å². The minimum atomic E-state index is -0.0197. The number of rotatable bonds is 2. The van der Waals surface area contributed by atoms with Crippen molar-refractivity contribution in [1.29, 1.82) is 0 Å². The highest BCUT2D eigenvalue weighted by Crippen LogP contribution is 2.40. The predicted octanol–water partition coefficient (Wildman–Crippen LogP) is 5.80. The largest absolute Gasteiger partial charge is 0.340 e. The van der Waals surface area contributed by atoms with Gasteiger partial charge in [-0.2, -0.15) is 0 Å². The van der Waals surface area contributed by atoms with Gasteiger partial charge >= 0.3 is 0 Å². The molecule has 0 unspecified atom stereocenters. The van der Waals surface area contributed by atoms with Crippen LogP contribution in [0.1, 0.15) is 22.7 Å². The molecule has 1 atom stereocenters. The van der Waals surface area contributed by atoms with Crippen LogP contribution in [0.5, 0.6) is 0 Å². The van der Waals surface area contributed by atoms with Crippen LogP contribution in [0.15, 0.2) is 102 Å². The maximum absolute atomic E-state index is 5.12. The van der Waals surface area contributed by atoms with Crippen molar-refractivity contribution in [2.24, 2.45) is 4.99 Å². The second-order valence-corrected chi connectivity index (χ2v) is 6.53. The average molecular weight is 334 g/mol. The summed E-state index contributed by atoms with van der Waals surface area (Å²) in [5, 5.41) is 6.05. The quantitative estimate of drug-likeness (QED) is 0.492. The molecule has 0 spiro atoms. The maximum Gasteiger partial charge on any atom is 0.133 e. The molecule has 124 valence electrons. The van der Waals surface area contributed by atoms with Crippen LogP contribution in [0.2, 0.25) is 0 Å². The Balaban J connectivity index is 1.76. The van der Waals surface area contributed by atoms with Crippen LogP contribution in [0.25, 0.3) is 10.8 Å². The van der Waals surface area contributed by atoms with Crippen LogP contribution in [-0.2, 0) is 0 Å². The summed E-state index contributed by atoms with van der Waals surface area (Å²) in [4.78, 5) is 5.12. The summed E-state index contributed by atoms with van der Waals surface area (Å²) in [5.41, 5.74) is 4.69. The molecular weight excluding hydrogens is 316 g/mol. The third kappa shape index (κ3) is 2.47. The highest BCUT2D eigenvalue weighted by atomic mass is 15.0. The lowest BCUT2D eigenvalue weighted by atomic mass is 9.91. The molecule has 4 aromatic carbocycles. The van der Waals surface area contributed by atoms with E-state index in [1.165, 1.54) is 21.9 Å². The van der Waals surface area contributed by atoms with Crippen molar-refractivity contribution in [3.05, 3.63) is 114 Å². The molecule has 0 aliphatic carbocycles. The van der Waals surface area contributed by atoms with Crippen LogP contribution in [0.4, 0.5) is 5.69 Å². The normalized spacial score (nSPS) is 15.8. The topological polar surface area (TPSA) is 24.4 Å². The maximum atomic E-state index is 5.12. The fraction of sp³-hybridized carbons (Fsp3) is 0.0417. The van der Waals surface area contributed by atoms with Crippen molar-refractivity contribution >= 4 is 22.3 Å². The van der Waals surface area contributed by atoms with Crippen molar-refractivity contribution in [2.75, 3.05) is 5.32 Å². The molecule has 0 saturated carbocycles. The Hall–Kier alpha value is -3.39. The first-order chi connectivity index (χ1) is 12.9. The molecule has 1 heterocycles. The summed E-state index contributed by atoms with van der Waals surface area (Å²) >= 11 is 0. The first-order valence-electron chi connectivity index (χ1n) is 8.87. The van der Waals surface area contributed by atoms with Crippen molar-refractivity contribution in [2.45, 2.75) is 6.04 Å². The highest BCUT2D eigenvalue weighted by molar-refractivity contribution is 6.11. The standard InChI is InChI=1S/C24H18N2/c1-3-10-18(11-4-1)23-22-20-14-8-7-9-17(20)15-16-21(22)25-24(26-23)19-12-5-2-6-13-19/h1-16,23H,(H,25,26)/t23-/m0/s1. The van der Waals surface area contributed by atoms with Gasteiger partial charge in [-0.15, -0.1) is 0 Å². The smallest absolute Gasteiger partial charge is 0.133 e. The lowest BCUT2D eigenvalue weighted by Gasteiger charge is -2.27. The number of fused-ring (bicyclic) bond motifs is 3. The van der Waals surface area contributed by atoms with Crippen LogP contribution >= 0.6 is 0 Å². The van der Waals surface area contributed by atoms with E-state index in [4.69, 9.17) is 4.99 Å². The third-order valence-corrected chi connectivity index (χ3v) is 4.92. The highest BCUT2D eigenvalue weighted by Gasteiger charge is 2.25. The molecule has 4 aromatic rings. The van der Waals surface area contributed by atoms with Crippen LogP contribution < -0.4 is 5.32 Å². The van der Waals surface area contributed by atoms with E-state index >= 15 is 0 Å². The molecule has 0 bridgehead atoms. The van der Waals surface area contributed by atoms with E-state index in [1.54, 1.807) is 0 Å². The van der Waals surface area contributed by atoms with Crippen molar-refractivity contribution < 1.29 is 0 Å². The lowest BCUT2D eigenvalue weighted by Crippen LogP contribution is -2.22. The molecule has 0 saturated heterocycles. The Morgan fingerprint density at radius 3 is 2.15 bits per heavy atom. The molecule has 2 nitrogen and oxygen atoms in total. The molecule has 5 rings (SSSR count). The van der Waals surface area contributed by atoms with Crippen molar-refractivity contribution in [3.8, 4) is 0 Å². The average Bonchev–Trinajstić information content (AvgIpc) is 2.74. The molecule has 1 N–H and O–H groups in total. The van der Waals surface area contributed by atoms with Crippen molar-refractivity contribution in [1.82, 2.24) is 0 Å². The second-order valence-electron chi connectivity index (χ2n) is 6.53. The fourth-order valence-electron chi connectivity index (χ4n) is 3.67. The lowest BCUT2D eigenvalue weighted by molar-refractivity contribution is 0.872. The Labute approximate surface area is 152 Å². The van der Waals surface area contributed by atoms with Crippen LogP contribution in [0.3, 0.4) is 0 Å². The first kappa shape index (κ1) is 14.9. The monoisotopic (exact) mass is 334 g/mol. The molecule has 1 aliphatic heterocycles. The molecule has 0 radical (unpaired) electrons. The van der Waals surface area contributed by atoms with E-state index in [2.05, 4.69) is 84.2 Å². The van der Waals surface area contributed by atoms with Gasteiger partial charge in [0.25, 0.3) is 0 Å². The Morgan fingerprint density at radius 1 is 0.654 bits per heavy atom. The summed E-state index contributed by atoms with van der Waals surface area (Å²) in [6.07, 6.45) is 0. The molecular formula is C24H18N2. The van der Waals surface area contributed by atoms with E-state index in [-0.39, 0.29) is 6.04 Å². The van der Waals surface area contributed by atoms with Gasteiger partial charge in [-0.05, 0) is 22.4 Å². The van der Waals surface area contributed by atoms with Gasteiger partial charge in [-0.1, -0.05) is 91.0 Å². The van der Waals surface area contributed by atoms with E-state index < -0.39 is 0 Å².